The quantitative estimate of drug-likeness (QED) is 0.508. The number of hydrogen-bond acceptors (Lipinski definition) is 8. The maximum atomic E-state index is 13.4. The molecule has 4 aromatic rings. The third-order valence-corrected chi connectivity index (χ3v) is 6.79. The summed E-state index contributed by atoms with van der Waals surface area (Å²) < 4.78 is 25.0. The number of aromatic nitrogens is 6. The van der Waals surface area contributed by atoms with Gasteiger partial charge in [0.25, 0.3) is 0 Å². The number of nitrogens with one attached hydrogen (secondary N) is 1. The van der Waals surface area contributed by atoms with Crippen molar-refractivity contribution >= 4 is 32.4 Å². The molecule has 10 nitrogen and oxygen atoms in total. The molecule has 0 aromatic carbocycles. The van der Waals surface area contributed by atoms with Gasteiger partial charge in [-0.2, -0.15) is 9.46 Å². The van der Waals surface area contributed by atoms with Crippen molar-refractivity contribution < 1.29 is 8.95 Å². The highest BCUT2D eigenvalue weighted by atomic mass is 32.2. The molecule has 1 fully saturated rings. The van der Waals surface area contributed by atoms with Gasteiger partial charge in [0.05, 0.1) is 34.0 Å². The van der Waals surface area contributed by atoms with Crippen molar-refractivity contribution in [2.24, 2.45) is 11.4 Å². The molecule has 0 aliphatic carbocycles. The minimum atomic E-state index is -2.77. The Bertz CT molecular complexity index is 1450. The second-order valence-electron chi connectivity index (χ2n) is 7.52. The lowest BCUT2D eigenvalue weighted by Crippen LogP contribution is -2.34. The van der Waals surface area contributed by atoms with Gasteiger partial charge >= 0.3 is 0 Å². The largest absolute Gasteiger partial charge is 0.373 e. The van der Waals surface area contributed by atoms with Crippen LogP contribution in [0.25, 0.3) is 22.4 Å². The van der Waals surface area contributed by atoms with Crippen LogP contribution in [0.3, 0.4) is 0 Å². The number of hydrogen-bond donors (Lipinski definition) is 1. The fourth-order valence-electron chi connectivity index (χ4n) is 3.57. The van der Waals surface area contributed by atoms with E-state index in [9.17, 15) is 4.21 Å². The van der Waals surface area contributed by atoms with Crippen molar-refractivity contribution in [2.45, 2.75) is 4.90 Å². The summed E-state index contributed by atoms with van der Waals surface area (Å²) in [5, 5.41) is 5.01. The lowest BCUT2D eigenvalue weighted by atomic mass is 10.1. The molecular weight excluding hydrogens is 428 g/mol. The van der Waals surface area contributed by atoms with Gasteiger partial charge in [0, 0.05) is 61.2 Å². The van der Waals surface area contributed by atoms with Crippen LogP contribution in [0.15, 0.2) is 64.5 Å². The van der Waals surface area contributed by atoms with Gasteiger partial charge in [-0.1, -0.05) is 6.58 Å². The monoisotopic (exact) mass is 450 g/mol. The number of aromatic amines is 1. The van der Waals surface area contributed by atoms with E-state index in [1.54, 1.807) is 42.6 Å². The smallest absolute Gasteiger partial charge is 0.168 e. The molecule has 1 saturated heterocycles. The van der Waals surface area contributed by atoms with Crippen molar-refractivity contribution in [3.63, 3.8) is 0 Å². The van der Waals surface area contributed by atoms with E-state index in [1.165, 1.54) is 0 Å². The fourth-order valence-corrected chi connectivity index (χ4v) is 4.71. The van der Waals surface area contributed by atoms with Gasteiger partial charge in [0.2, 0.25) is 0 Å². The Labute approximate surface area is 185 Å². The summed E-state index contributed by atoms with van der Waals surface area (Å²) in [6.45, 7) is 5.68. The van der Waals surface area contributed by atoms with Crippen molar-refractivity contribution in [1.29, 1.82) is 0 Å². The maximum Gasteiger partial charge on any atom is 0.168 e. The van der Waals surface area contributed by atoms with E-state index in [0.717, 1.165) is 22.3 Å². The van der Waals surface area contributed by atoms with Crippen LogP contribution in [0.4, 0.5) is 11.6 Å². The number of pyridine rings is 1. The van der Waals surface area contributed by atoms with Crippen molar-refractivity contribution in [3.8, 4) is 11.4 Å². The van der Waals surface area contributed by atoms with Crippen LogP contribution in [-0.2, 0) is 21.5 Å². The first-order valence-electron chi connectivity index (χ1n) is 9.96. The number of ether oxygens (including phenoxy) is 1. The van der Waals surface area contributed by atoms with Gasteiger partial charge in [-0.25, -0.2) is 19.2 Å². The Hall–Kier alpha value is -3.57. The van der Waals surface area contributed by atoms with Crippen LogP contribution in [0.5, 0.6) is 0 Å². The Morgan fingerprint density at radius 3 is 2.97 bits per heavy atom. The molecule has 164 valence electrons. The minimum absolute atomic E-state index is 0.321. The van der Waals surface area contributed by atoms with E-state index in [2.05, 4.69) is 31.0 Å². The number of nitrogens with zero attached hydrogens (tertiary/aromatic N) is 7. The van der Waals surface area contributed by atoms with E-state index < -0.39 is 9.73 Å². The van der Waals surface area contributed by atoms with Gasteiger partial charge < -0.3 is 14.6 Å². The predicted octanol–water partition coefficient (Wildman–Crippen LogP) is 2.89. The van der Waals surface area contributed by atoms with Crippen LogP contribution >= 0.6 is 0 Å². The summed E-state index contributed by atoms with van der Waals surface area (Å²) in [5.41, 5.74) is 2.33. The van der Waals surface area contributed by atoms with Gasteiger partial charge in [0.1, 0.15) is 11.5 Å². The normalized spacial score (nSPS) is 16.3. The summed E-state index contributed by atoms with van der Waals surface area (Å²) in [6.07, 6.45) is 8.36. The molecule has 5 heterocycles. The summed E-state index contributed by atoms with van der Waals surface area (Å²) in [4.78, 5) is 19.4. The number of fused-ring (bicyclic) bond motifs is 1. The third kappa shape index (κ3) is 3.76. The second-order valence-corrected chi connectivity index (χ2v) is 9.78. The highest BCUT2D eigenvalue weighted by Crippen LogP contribution is 2.31. The first-order chi connectivity index (χ1) is 15.4. The van der Waals surface area contributed by atoms with Gasteiger partial charge in [-0.05, 0) is 12.1 Å². The van der Waals surface area contributed by atoms with Crippen LogP contribution in [-0.4, -0.2) is 59.9 Å². The van der Waals surface area contributed by atoms with Crippen molar-refractivity contribution in [2.75, 3.05) is 30.9 Å². The topological polar surface area (TPSA) is 114 Å². The number of aryl methyl sites for hydroxylation is 1. The van der Waals surface area contributed by atoms with Gasteiger partial charge in [-0.15, -0.1) is 0 Å². The summed E-state index contributed by atoms with van der Waals surface area (Å²) in [5.74, 6) is 1.42. The number of rotatable bonds is 4. The van der Waals surface area contributed by atoms with E-state index >= 15 is 0 Å². The Morgan fingerprint density at radius 2 is 2.19 bits per heavy atom. The van der Waals surface area contributed by atoms with Crippen LogP contribution in [0, 0.1) is 0 Å². The van der Waals surface area contributed by atoms with E-state index in [-0.39, 0.29) is 0 Å². The second kappa shape index (κ2) is 7.84. The molecule has 1 aliphatic heterocycles. The van der Waals surface area contributed by atoms with Crippen LogP contribution in [0.2, 0.25) is 0 Å². The number of morpholine rings is 1. The van der Waals surface area contributed by atoms with E-state index in [4.69, 9.17) is 9.72 Å². The molecule has 4 aromatic heterocycles. The molecule has 11 heteroatoms. The Balaban J connectivity index is 1.70. The Kier molecular flexibility index (Phi) is 4.98. The molecule has 0 bridgehead atoms. The van der Waals surface area contributed by atoms with E-state index in [0.29, 0.717) is 42.1 Å². The highest BCUT2D eigenvalue weighted by molar-refractivity contribution is 7.93. The molecule has 0 saturated carbocycles. The van der Waals surface area contributed by atoms with Crippen molar-refractivity contribution in [1.82, 2.24) is 29.7 Å². The Morgan fingerprint density at radius 1 is 1.31 bits per heavy atom. The zero-order valence-electron chi connectivity index (χ0n) is 17.7. The third-order valence-electron chi connectivity index (χ3n) is 5.17. The van der Waals surface area contributed by atoms with Gasteiger partial charge in [0.15, 0.2) is 11.6 Å². The predicted molar refractivity (Wildman–Crippen MR) is 122 cm³/mol. The number of H-pyrrole nitrogens is 1. The molecule has 1 aliphatic rings. The summed E-state index contributed by atoms with van der Waals surface area (Å²) in [6, 6.07) is 5.52. The molecule has 5 rings (SSSR count). The maximum absolute atomic E-state index is 13.4. The standard InChI is InChI=1S/C21H22N8O2S/c1-14-13-31-9-8-29(14)19-10-18(27-32(3,30)15-11-24-28(2)12-15)25-21(26-19)17-5-7-23-20-16(17)4-6-22-20/h4-7,10-12H,1,8-9,13H2,2-3H3,(H,22,23). The lowest BCUT2D eigenvalue weighted by Gasteiger charge is -2.30. The molecule has 32 heavy (non-hydrogen) atoms. The average molecular weight is 451 g/mol. The molecule has 1 unspecified atom stereocenters. The van der Waals surface area contributed by atoms with E-state index in [1.807, 2.05) is 23.2 Å². The van der Waals surface area contributed by atoms with Gasteiger partial charge in [-0.3, -0.25) is 4.68 Å². The molecular formula is C21H22N8O2S. The number of anilines is 1. The van der Waals surface area contributed by atoms with Crippen LogP contribution < -0.4 is 4.90 Å². The molecule has 1 atom stereocenters. The minimum Gasteiger partial charge on any atom is -0.373 e. The first-order valence-corrected chi connectivity index (χ1v) is 11.9. The SMILES string of the molecule is C=C1COCCN1c1cc(N=S(C)(=O)c2cnn(C)c2)nc(-c2ccnc3[nH]ccc23)n1. The summed E-state index contributed by atoms with van der Waals surface area (Å²) >= 11 is 0. The average Bonchev–Trinajstić information content (AvgIpc) is 3.42. The van der Waals surface area contributed by atoms with Crippen LogP contribution in [0.1, 0.15) is 0 Å². The zero-order chi connectivity index (χ0) is 22.3. The lowest BCUT2D eigenvalue weighted by molar-refractivity contribution is 0.143. The highest BCUT2D eigenvalue weighted by Gasteiger charge is 2.20. The first kappa shape index (κ1) is 20.3. The van der Waals surface area contributed by atoms with Crippen molar-refractivity contribution in [3.05, 3.63) is 55.3 Å². The molecule has 0 spiro atoms. The summed E-state index contributed by atoms with van der Waals surface area (Å²) in [7, 11) is -0.994. The molecule has 0 radical (unpaired) electrons. The zero-order valence-corrected chi connectivity index (χ0v) is 18.5. The molecule has 1 N–H and O–H groups in total. The molecule has 0 amide bonds. The fraction of sp³-hybridized carbons (Fsp3) is 0.238.